The van der Waals surface area contributed by atoms with Gasteiger partial charge in [-0.15, -0.1) is 10.2 Å². The molecule has 118 valence electrons. The predicted octanol–water partition coefficient (Wildman–Crippen LogP) is 2.06. The molecule has 0 atom stereocenters. The highest BCUT2D eigenvalue weighted by molar-refractivity contribution is 5.55. The number of aryl methyl sites for hydroxylation is 3. The first-order chi connectivity index (χ1) is 10.5. The smallest absolute Gasteiger partial charge is 0.146 e. The standard InChI is InChI=1S/C17H25N5/c1-13-5-6-14(2)16(11-13)22-9-7-21(8-10-22)12-17-19-18-15(3)20(17)4/h5-6,11H,7-10,12H2,1-4H3. The quantitative estimate of drug-likeness (QED) is 0.869. The number of hydrogen-bond donors (Lipinski definition) is 0. The van der Waals surface area contributed by atoms with Crippen molar-refractivity contribution in [1.82, 2.24) is 19.7 Å². The molecule has 0 N–H and O–H groups in total. The van der Waals surface area contributed by atoms with E-state index < -0.39 is 0 Å². The summed E-state index contributed by atoms with van der Waals surface area (Å²) in [4.78, 5) is 4.96. The number of piperazine rings is 1. The van der Waals surface area contributed by atoms with Gasteiger partial charge in [0, 0.05) is 38.9 Å². The summed E-state index contributed by atoms with van der Waals surface area (Å²) in [6.45, 7) is 11.5. The van der Waals surface area contributed by atoms with Crippen LogP contribution in [0.2, 0.25) is 0 Å². The summed E-state index contributed by atoms with van der Waals surface area (Å²) in [6.07, 6.45) is 0. The molecule has 2 heterocycles. The van der Waals surface area contributed by atoms with E-state index in [1.165, 1.54) is 16.8 Å². The second-order valence-corrected chi connectivity index (χ2v) is 6.28. The molecule has 22 heavy (non-hydrogen) atoms. The van der Waals surface area contributed by atoms with Gasteiger partial charge in [0.2, 0.25) is 0 Å². The van der Waals surface area contributed by atoms with E-state index in [2.05, 4.69) is 56.6 Å². The minimum Gasteiger partial charge on any atom is -0.369 e. The van der Waals surface area contributed by atoms with Gasteiger partial charge in [-0.05, 0) is 38.0 Å². The van der Waals surface area contributed by atoms with E-state index in [4.69, 9.17) is 0 Å². The third-order valence-electron chi connectivity index (χ3n) is 4.63. The summed E-state index contributed by atoms with van der Waals surface area (Å²) in [7, 11) is 2.04. The molecule has 0 unspecified atom stereocenters. The Morgan fingerprint density at radius 3 is 2.36 bits per heavy atom. The van der Waals surface area contributed by atoms with E-state index in [0.29, 0.717) is 0 Å². The molecule has 3 rings (SSSR count). The topological polar surface area (TPSA) is 37.2 Å². The number of benzene rings is 1. The van der Waals surface area contributed by atoms with Crippen LogP contribution in [0.5, 0.6) is 0 Å². The average Bonchev–Trinajstić information content (AvgIpc) is 2.83. The zero-order chi connectivity index (χ0) is 15.7. The van der Waals surface area contributed by atoms with Crippen LogP contribution in [0.25, 0.3) is 0 Å². The number of rotatable bonds is 3. The molecule has 5 heteroatoms. The van der Waals surface area contributed by atoms with Crippen LogP contribution in [0, 0.1) is 20.8 Å². The van der Waals surface area contributed by atoms with Crippen molar-refractivity contribution in [1.29, 1.82) is 0 Å². The average molecular weight is 299 g/mol. The summed E-state index contributed by atoms with van der Waals surface area (Å²) in [5.74, 6) is 2.03. The van der Waals surface area contributed by atoms with Crippen molar-refractivity contribution >= 4 is 5.69 Å². The molecule has 0 spiro atoms. The van der Waals surface area contributed by atoms with Crippen molar-refractivity contribution in [3.63, 3.8) is 0 Å². The number of aromatic nitrogens is 3. The highest BCUT2D eigenvalue weighted by Crippen LogP contribution is 2.23. The van der Waals surface area contributed by atoms with Gasteiger partial charge < -0.3 is 9.47 Å². The fourth-order valence-electron chi connectivity index (χ4n) is 3.00. The van der Waals surface area contributed by atoms with E-state index in [9.17, 15) is 0 Å². The van der Waals surface area contributed by atoms with Crippen molar-refractivity contribution in [3.8, 4) is 0 Å². The van der Waals surface area contributed by atoms with Crippen LogP contribution in [-0.2, 0) is 13.6 Å². The Morgan fingerprint density at radius 1 is 1.00 bits per heavy atom. The lowest BCUT2D eigenvalue weighted by molar-refractivity contribution is 0.241. The zero-order valence-corrected chi connectivity index (χ0v) is 14.0. The molecule has 0 aliphatic carbocycles. The van der Waals surface area contributed by atoms with Gasteiger partial charge >= 0.3 is 0 Å². The molecule has 0 saturated carbocycles. The monoisotopic (exact) mass is 299 g/mol. The molecule has 5 nitrogen and oxygen atoms in total. The van der Waals surface area contributed by atoms with Crippen LogP contribution >= 0.6 is 0 Å². The second-order valence-electron chi connectivity index (χ2n) is 6.28. The normalized spacial score (nSPS) is 16.3. The maximum atomic E-state index is 4.27. The van der Waals surface area contributed by atoms with Crippen LogP contribution in [0.15, 0.2) is 18.2 Å². The third-order valence-corrected chi connectivity index (χ3v) is 4.63. The van der Waals surface area contributed by atoms with E-state index in [0.717, 1.165) is 44.4 Å². The Morgan fingerprint density at radius 2 is 1.73 bits per heavy atom. The highest BCUT2D eigenvalue weighted by atomic mass is 15.3. The van der Waals surface area contributed by atoms with Crippen molar-refractivity contribution < 1.29 is 0 Å². The Labute approximate surface area is 132 Å². The molecule has 0 amide bonds. The highest BCUT2D eigenvalue weighted by Gasteiger charge is 2.20. The molecule has 1 aliphatic rings. The number of anilines is 1. The zero-order valence-electron chi connectivity index (χ0n) is 14.0. The largest absolute Gasteiger partial charge is 0.369 e. The Bertz CT molecular complexity index is 653. The first-order valence-electron chi connectivity index (χ1n) is 7.94. The maximum Gasteiger partial charge on any atom is 0.146 e. The SMILES string of the molecule is Cc1ccc(C)c(N2CCN(Cc3nnc(C)n3C)CC2)c1. The fraction of sp³-hybridized carbons (Fsp3) is 0.529. The lowest BCUT2D eigenvalue weighted by atomic mass is 10.1. The molecule has 1 aliphatic heterocycles. The van der Waals surface area contributed by atoms with Gasteiger partial charge in [-0.2, -0.15) is 0 Å². The van der Waals surface area contributed by atoms with Crippen LogP contribution in [0.1, 0.15) is 22.8 Å². The molecule has 0 bridgehead atoms. The lowest BCUT2D eigenvalue weighted by Crippen LogP contribution is -2.46. The van der Waals surface area contributed by atoms with E-state index in [1.54, 1.807) is 0 Å². The van der Waals surface area contributed by atoms with Crippen molar-refractivity contribution in [2.75, 3.05) is 31.1 Å². The minimum absolute atomic E-state index is 0.887. The summed E-state index contributed by atoms with van der Waals surface area (Å²) >= 11 is 0. The summed E-state index contributed by atoms with van der Waals surface area (Å²) in [5.41, 5.74) is 4.08. The minimum atomic E-state index is 0.887. The van der Waals surface area contributed by atoms with Crippen molar-refractivity contribution in [2.45, 2.75) is 27.3 Å². The molecule has 1 fully saturated rings. The molecular formula is C17H25N5. The maximum absolute atomic E-state index is 4.27. The van der Waals surface area contributed by atoms with Crippen LogP contribution in [0.3, 0.4) is 0 Å². The second kappa shape index (κ2) is 6.08. The predicted molar refractivity (Wildman–Crippen MR) is 89.1 cm³/mol. The summed E-state index contributed by atoms with van der Waals surface area (Å²) in [5, 5.41) is 8.41. The molecule has 1 saturated heterocycles. The first kappa shape index (κ1) is 15.0. The van der Waals surface area contributed by atoms with Crippen LogP contribution < -0.4 is 4.90 Å². The van der Waals surface area contributed by atoms with Crippen molar-refractivity contribution in [3.05, 3.63) is 41.0 Å². The van der Waals surface area contributed by atoms with E-state index in [-0.39, 0.29) is 0 Å². The lowest BCUT2D eigenvalue weighted by Gasteiger charge is -2.36. The van der Waals surface area contributed by atoms with Gasteiger partial charge in [-0.3, -0.25) is 4.90 Å². The molecule has 2 aromatic rings. The molecule has 1 aromatic carbocycles. The first-order valence-corrected chi connectivity index (χ1v) is 7.94. The van der Waals surface area contributed by atoms with Gasteiger partial charge in [0.25, 0.3) is 0 Å². The van der Waals surface area contributed by atoms with Gasteiger partial charge in [0.15, 0.2) is 0 Å². The third kappa shape index (κ3) is 2.99. The Kier molecular flexibility index (Phi) is 4.16. The Balaban J connectivity index is 1.63. The van der Waals surface area contributed by atoms with Crippen LogP contribution in [-0.4, -0.2) is 45.8 Å². The molecule has 1 aromatic heterocycles. The van der Waals surface area contributed by atoms with Gasteiger partial charge in [0.1, 0.15) is 11.6 Å². The summed E-state index contributed by atoms with van der Waals surface area (Å²) in [6, 6.07) is 6.71. The van der Waals surface area contributed by atoms with E-state index in [1.807, 2.05) is 14.0 Å². The Hall–Kier alpha value is -1.88. The fourth-order valence-corrected chi connectivity index (χ4v) is 3.00. The van der Waals surface area contributed by atoms with Crippen molar-refractivity contribution in [2.24, 2.45) is 7.05 Å². The van der Waals surface area contributed by atoms with Gasteiger partial charge in [0.05, 0.1) is 6.54 Å². The van der Waals surface area contributed by atoms with E-state index >= 15 is 0 Å². The van der Waals surface area contributed by atoms with Crippen LogP contribution in [0.4, 0.5) is 5.69 Å². The van der Waals surface area contributed by atoms with Gasteiger partial charge in [-0.1, -0.05) is 12.1 Å². The molecule has 0 radical (unpaired) electrons. The molecular weight excluding hydrogens is 274 g/mol. The van der Waals surface area contributed by atoms with Gasteiger partial charge in [-0.25, -0.2) is 0 Å². The number of hydrogen-bond acceptors (Lipinski definition) is 4. The number of nitrogens with zero attached hydrogens (tertiary/aromatic N) is 5. The summed E-state index contributed by atoms with van der Waals surface area (Å²) < 4.78 is 2.08.